The van der Waals surface area contributed by atoms with Gasteiger partial charge in [0.25, 0.3) is 0 Å². The van der Waals surface area contributed by atoms with Crippen molar-refractivity contribution in [1.82, 2.24) is 4.72 Å². The molecule has 25 heavy (non-hydrogen) atoms. The Hall–Kier alpha value is -1.49. The van der Waals surface area contributed by atoms with Gasteiger partial charge in [-0.25, -0.2) is 8.42 Å². The Bertz CT molecular complexity index is 699. The Labute approximate surface area is 141 Å². The molecule has 11 heteroatoms. The van der Waals surface area contributed by atoms with Crippen LogP contribution in [0.25, 0.3) is 0 Å². The van der Waals surface area contributed by atoms with Gasteiger partial charge in [0.05, 0.1) is 4.90 Å². The van der Waals surface area contributed by atoms with Crippen LogP contribution in [0.5, 0.6) is 5.75 Å². The summed E-state index contributed by atoms with van der Waals surface area (Å²) in [5.41, 5.74) is 0.0997. The van der Waals surface area contributed by atoms with Crippen LogP contribution in [0.4, 0.5) is 26.3 Å². The van der Waals surface area contributed by atoms with E-state index in [-0.39, 0.29) is 11.5 Å². The maximum Gasteiger partial charge on any atom is 0.573 e. The van der Waals surface area contributed by atoms with E-state index < -0.39 is 39.2 Å². The molecular formula is C14H17F6NO3S. The van der Waals surface area contributed by atoms with Crippen LogP contribution in [0.15, 0.2) is 23.1 Å². The number of halogens is 6. The van der Waals surface area contributed by atoms with Crippen LogP contribution >= 0.6 is 0 Å². The third kappa shape index (κ3) is 6.07. The van der Waals surface area contributed by atoms with Gasteiger partial charge in [-0.1, -0.05) is 19.9 Å². The van der Waals surface area contributed by atoms with Crippen LogP contribution in [0, 0.1) is 0 Å². The quantitative estimate of drug-likeness (QED) is 0.732. The maximum atomic E-state index is 12.5. The van der Waals surface area contributed by atoms with Gasteiger partial charge in [-0.3, -0.25) is 0 Å². The molecule has 0 spiro atoms. The van der Waals surface area contributed by atoms with E-state index in [1.165, 1.54) is 4.72 Å². The highest BCUT2D eigenvalue weighted by molar-refractivity contribution is 7.89. The average molecular weight is 393 g/mol. The molecule has 1 rings (SSSR count). The summed E-state index contributed by atoms with van der Waals surface area (Å²) in [6.07, 6.45) is -9.46. The monoisotopic (exact) mass is 393 g/mol. The molecule has 1 N–H and O–H groups in total. The van der Waals surface area contributed by atoms with Gasteiger partial charge in [0.15, 0.2) is 0 Å². The highest BCUT2D eigenvalue weighted by Crippen LogP contribution is 2.35. The van der Waals surface area contributed by atoms with Gasteiger partial charge in [-0.2, -0.15) is 17.9 Å². The predicted octanol–water partition coefficient (Wildman–Crippen LogP) is 4.33. The summed E-state index contributed by atoms with van der Waals surface area (Å²) in [4.78, 5) is -0.755. The van der Waals surface area contributed by atoms with Crippen LogP contribution in [-0.2, 0) is 10.0 Å². The SMILES string of the molecule is CCC(C)c1ccc(S(=O)(=O)N[C@@H](C)C(F)(F)F)cc1OC(F)(F)F. The molecule has 4 nitrogen and oxygen atoms in total. The van der Waals surface area contributed by atoms with Gasteiger partial charge in [-0.15, -0.1) is 13.2 Å². The van der Waals surface area contributed by atoms with Crippen molar-refractivity contribution in [1.29, 1.82) is 0 Å². The molecule has 1 aromatic rings. The lowest BCUT2D eigenvalue weighted by atomic mass is 9.98. The minimum absolute atomic E-state index is 0.0997. The van der Waals surface area contributed by atoms with Crippen LogP contribution in [0.3, 0.4) is 0 Å². The highest BCUT2D eigenvalue weighted by atomic mass is 32.2. The van der Waals surface area contributed by atoms with E-state index in [4.69, 9.17) is 0 Å². The molecule has 0 heterocycles. The third-order valence-electron chi connectivity index (χ3n) is 3.49. The van der Waals surface area contributed by atoms with Gasteiger partial charge >= 0.3 is 12.5 Å². The fraction of sp³-hybridized carbons (Fsp3) is 0.571. The lowest BCUT2D eigenvalue weighted by Crippen LogP contribution is -2.42. The summed E-state index contributed by atoms with van der Waals surface area (Å²) in [5, 5.41) is 0. The van der Waals surface area contributed by atoms with E-state index in [0.29, 0.717) is 19.4 Å². The van der Waals surface area contributed by atoms with Crippen molar-refractivity contribution in [3.05, 3.63) is 23.8 Å². The van der Waals surface area contributed by atoms with Crippen molar-refractivity contribution >= 4 is 10.0 Å². The molecule has 0 amide bonds. The normalized spacial score (nSPS) is 15.7. The van der Waals surface area contributed by atoms with Crippen molar-refractivity contribution in [3.63, 3.8) is 0 Å². The summed E-state index contributed by atoms with van der Waals surface area (Å²) in [6.45, 7) is 3.90. The second-order valence-corrected chi connectivity index (χ2v) is 7.16. The Morgan fingerprint density at radius 1 is 1.12 bits per heavy atom. The smallest absolute Gasteiger partial charge is 0.405 e. The number of benzene rings is 1. The number of hydrogen-bond acceptors (Lipinski definition) is 3. The zero-order valence-electron chi connectivity index (χ0n) is 13.5. The molecule has 0 saturated heterocycles. The Kier molecular flexibility index (Phi) is 6.38. The average Bonchev–Trinajstić information content (AvgIpc) is 2.43. The highest BCUT2D eigenvalue weighted by Gasteiger charge is 2.39. The molecule has 0 fully saturated rings. The van der Waals surface area contributed by atoms with Crippen LogP contribution in [-0.4, -0.2) is 27.0 Å². The Balaban J connectivity index is 3.31. The van der Waals surface area contributed by atoms with Crippen molar-refractivity contribution in [2.45, 2.75) is 56.6 Å². The van der Waals surface area contributed by atoms with E-state index in [1.807, 2.05) is 0 Å². The van der Waals surface area contributed by atoms with E-state index in [2.05, 4.69) is 4.74 Å². The summed E-state index contributed by atoms with van der Waals surface area (Å²) >= 11 is 0. The number of alkyl halides is 6. The van der Waals surface area contributed by atoms with Gasteiger partial charge in [0.2, 0.25) is 10.0 Å². The fourth-order valence-electron chi connectivity index (χ4n) is 1.89. The predicted molar refractivity (Wildman–Crippen MR) is 77.7 cm³/mol. The second-order valence-electron chi connectivity index (χ2n) is 5.44. The first-order valence-electron chi connectivity index (χ1n) is 7.16. The summed E-state index contributed by atoms with van der Waals surface area (Å²) in [5.74, 6) is -1.14. The Morgan fingerprint density at radius 2 is 1.68 bits per heavy atom. The van der Waals surface area contributed by atoms with Gasteiger partial charge in [0.1, 0.15) is 11.8 Å². The Morgan fingerprint density at radius 3 is 2.12 bits per heavy atom. The zero-order chi connectivity index (χ0) is 19.6. The van der Waals surface area contributed by atoms with E-state index >= 15 is 0 Å². The number of nitrogens with one attached hydrogen (secondary N) is 1. The molecule has 0 aliphatic rings. The van der Waals surface area contributed by atoms with Crippen molar-refractivity contribution in [2.24, 2.45) is 0 Å². The summed E-state index contributed by atoms with van der Waals surface area (Å²) in [7, 11) is -4.69. The van der Waals surface area contributed by atoms with E-state index in [9.17, 15) is 34.8 Å². The van der Waals surface area contributed by atoms with E-state index in [0.717, 1.165) is 12.1 Å². The molecule has 0 aliphatic carbocycles. The van der Waals surface area contributed by atoms with Crippen molar-refractivity contribution < 1.29 is 39.5 Å². The van der Waals surface area contributed by atoms with Gasteiger partial charge in [0, 0.05) is 6.07 Å². The van der Waals surface area contributed by atoms with Gasteiger partial charge < -0.3 is 4.74 Å². The second kappa shape index (κ2) is 7.40. The number of rotatable bonds is 6. The van der Waals surface area contributed by atoms with Crippen LogP contribution in [0.2, 0.25) is 0 Å². The lowest BCUT2D eigenvalue weighted by Gasteiger charge is -2.20. The standard InChI is InChI=1S/C14H17F6NO3S/c1-4-8(2)11-6-5-10(7-12(11)24-14(18,19)20)25(22,23)21-9(3)13(15,16)17/h5-9,21H,4H2,1-3H3/t8?,9-/m0/s1. The molecule has 0 aromatic heterocycles. The zero-order valence-corrected chi connectivity index (χ0v) is 14.3. The first kappa shape index (κ1) is 21.6. The lowest BCUT2D eigenvalue weighted by molar-refractivity contribution is -0.275. The molecule has 1 aromatic carbocycles. The molecule has 144 valence electrons. The molecule has 0 radical (unpaired) electrons. The van der Waals surface area contributed by atoms with Crippen molar-refractivity contribution in [3.8, 4) is 5.75 Å². The topological polar surface area (TPSA) is 55.4 Å². The molecule has 0 bridgehead atoms. The first-order valence-corrected chi connectivity index (χ1v) is 8.64. The van der Waals surface area contributed by atoms with Crippen LogP contribution in [0.1, 0.15) is 38.7 Å². The first-order chi connectivity index (χ1) is 11.2. The van der Waals surface area contributed by atoms with Gasteiger partial charge in [-0.05, 0) is 30.9 Å². The summed E-state index contributed by atoms with van der Waals surface area (Å²) < 4.78 is 104. The number of sulfonamides is 1. The molecular weight excluding hydrogens is 376 g/mol. The molecule has 1 unspecified atom stereocenters. The maximum absolute atomic E-state index is 12.5. The largest absolute Gasteiger partial charge is 0.573 e. The number of ether oxygens (including phenoxy) is 1. The number of hydrogen-bond donors (Lipinski definition) is 1. The summed E-state index contributed by atoms with van der Waals surface area (Å²) in [6, 6.07) is 0.206. The van der Waals surface area contributed by atoms with Crippen LogP contribution < -0.4 is 9.46 Å². The fourth-order valence-corrected chi connectivity index (χ4v) is 3.13. The molecule has 2 atom stereocenters. The minimum Gasteiger partial charge on any atom is -0.405 e. The third-order valence-corrected chi connectivity index (χ3v) is 5.03. The molecule has 0 aliphatic heterocycles. The van der Waals surface area contributed by atoms with Crippen molar-refractivity contribution in [2.75, 3.05) is 0 Å². The molecule has 0 saturated carbocycles. The van der Waals surface area contributed by atoms with E-state index in [1.54, 1.807) is 13.8 Å². The minimum atomic E-state index is -5.07.